The van der Waals surface area contributed by atoms with E-state index in [1.54, 1.807) is 7.11 Å². The highest BCUT2D eigenvalue weighted by Gasteiger charge is 2.26. The third-order valence-corrected chi connectivity index (χ3v) is 7.17. The molecule has 160 valence electrons. The van der Waals surface area contributed by atoms with E-state index in [1.807, 2.05) is 34.9 Å². The topological polar surface area (TPSA) is 36.0 Å². The lowest BCUT2D eigenvalue weighted by atomic mass is 10.2. The molecule has 2 aliphatic rings. The number of rotatable bonds is 4. The molecule has 2 aliphatic heterocycles. The van der Waals surface area contributed by atoms with Gasteiger partial charge in [0.25, 0.3) is 0 Å². The van der Waals surface area contributed by atoms with Gasteiger partial charge in [0.2, 0.25) is 5.91 Å². The molecule has 5 nitrogen and oxygen atoms in total. The van der Waals surface area contributed by atoms with Crippen LogP contribution in [0.25, 0.3) is 0 Å². The van der Waals surface area contributed by atoms with Crippen LogP contribution >= 0.6 is 11.8 Å². The minimum absolute atomic E-state index is 0.218. The summed E-state index contributed by atoms with van der Waals surface area (Å²) in [5, 5.41) is 0.528. The number of benzene rings is 2. The van der Waals surface area contributed by atoms with Gasteiger partial charge in [-0.1, -0.05) is 19.1 Å². The zero-order chi connectivity index (χ0) is 20.9. The molecule has 4 rings (SSSR count). The van der Waals surface area contributed by atoms with Crippen LogP contribution in [0.2, 0.25) is 0 Å². The molecular weight excluding hydrogens is 394 g/mol. The number of anilines is 2. The second-order valence-corrected chi connectivity index (χ2v) is 9.53. The minimum Gasteiger partial charge on any atom is -0.497 e. The molecule has 2 aromatic carbocycles. The maximum atomic E-state index is 13.3. The lowest BCUT2D eigenvalue weighted by Gasteiger charge is -2.27. The maximum Gasteiger partial charge on any atom is 0.241 e. The molecule has 2 aromatic rings. The van der Waals surface area contributed by atoms with Gasteiger partial charge in [-0.05, 0) is 49.2 Å². The number of para-hydroxylation sites is 1. The quantitative estimate of drug-likeness (QED) is 0.736. The Kier molecular flexibility index (Phi) is 6.85. The molecule has 1 fully saturated rings. The van der Waals surface area contributed by atoms with Crippen molar-refractivity contribution in [1.29, 1.82) is 0 Å². The molecule has 0 saturated carbocycles. The Balaban J connectivity index is 1.39. The number of hydrogen-bond acceptors (Lipinski definition) is 5. The van der Waals surface area contributed by atoms with E-state index in [9.17, 15) is 4.79 Å². The summed E-state index contributed by atoms with van der Waals surface area (Å²) in [5.41, 5.74) is 2.29. The van der Waals surface area contributed by atoms with Gasteiger partial charge in [-0.25, -0.2) is 0 Å². The summed E-state index contributed by atoms with van der Waals surface area (Å²) in [6.45, 7) is 7.34. The van der Waals surface area contributed by atoms with Gasteiger partial charge in [-0.3, -0.25) is 9.69 Å². The number of methoxy groups -OCH3 is 1. The van der Waals surface area contributed by atoms with E-state index in [-0.39, 0.29) is 5.91 Å². The van der Waals surface area contributed by atoms with Crippen LogP contribution < -0.4 is 14.5 Å². The van der Waals surface area contributed by atoms with Crippen molar-refractivity contribution in [2.75, 3.05) is 56.2 Å². The van der Waals surface area contributed by atoms with Crippen molar-refractivity contribution in [2.45, 2.75) is 29.9 Å². The van der Waals surface area contributed by atoms with Crippen LogP contribution in [0, 0.1) is 0 Å². The number of amides is 1. The molecule has 1 atom stereocenters. The number of fused-ring (bicyclic) bond motifs is 1. The summed E-state index contributed by atoms with van der Waals surface area (Å²) >= 11 is 1.88. The standard InChI is InChI=1S/C24H31N3O2S/c1-19-12-15-27(22-6-3-4-7-23(22)30-19)24(28)18-25-13-5-14-26(17-16-25)20-8-10-21(29-2)11-9-20/h3-4,6-11,19H,5,12-18H2,1-2H3. The van der Waals surface area contributed by atoms with Gasteiger partial charge < -0.3 is 14.5 Å². The van der Waals surface area contributed by atoms with Gasteiger partial charge in [0.15, 0.2) is 0 Å². The Morgan fingerprint density at radius 1 is 1.03 bits per heavy atom. The fourth-order valence-electron chi connectivity index (χ4n) is 4.20. The van der Waals surface area contributed by atoms with Gasteiger partial charge in [0.05, 0.1) is 19.3 Å². The molecular formula is C24H31N3O2S. The highest BCUT2D eigenvalue weighted by atomic mass is 32.2. The second-order valence-electron chi connectivity index (χ2n) is 8.05. The summed E-state index contributed by atoms with van der Waals surface area (Å²) < 4.78 is 5.27. The molecule has 2 heterocycles. The zero-order valence-electron chi connectivity index (χ0n) is 17.9. The van der Waals surface area contributed by atoms with Gasteiger partial charge in [-0.15, -0.1) is 11.8 Å². The van der Waals surface area contributed by atoms with Crippen LogP contribution in [0.4, 0.5) is 11.4 Å². The minimum atomic E-state index is 0.218. The molecule has 0 aromatic heterocycles. The fraction of sp³-hybridized carbons (Fsp3) is 0.458. The van der Waals surface area contributed by atoms with Crippen LogP contribution in [0.5, 0.6) is 5.75 Å². The fourth-order valence-corrected chi connectivity index (χ4v) is 5.32. The molecule has 1 unspecified atom stereocenters. The van der Waals surface area contributed by atoms with Crippen molar-refractivity contribution in [3.63, 3.8) is 0 Å². The van der Waals surface area contributed by atoms with Crippen molar-refractivity contribution in [3.05, 3.63) is 48.5 Å². The lowest BCUT2D eigenvalue weighted by molar-refractivity contribution is -0.119. The molecule has 0 aliphatic carbocycles. The van der Waals surface area contributed by atoms with Crippen LogP contribution in [0.1, 0.15) is 19.8 Å². The number of carbonyl (C=O) groups excluding carboxylic acids is 1. The van der Waals surface area contributed by atoms with E-state index in [0.717, 1.165) is 57.0 Å². The van der Waals surface area contributed by atoms with Crippen molar-refractivity contribution in [2.24, 2.45) is 0 Å². The first kappa shape index (κ1) is 21.1. The number of carbonyl (C=O) groups is 1. The predicted octanol–water partition coefficient (Wildman–Crippen LogP) is 4.12. The second kappa shape index (κ2) is 9.75. The van der Waals surface area contributed by atoms with Crippen molar-refractivity contribution in [3.8, 4) is 5.75 Å². The van der Waals surface area contributed by atoms with Gasteiger partial charge in [0, 0.05) is 48.6 Å². The molecule has 0 radical (unpaired) electrons. The highest BCUT2D eigenvalue weighted by molar-refractivity contribution is 8.00. The first-order chi connectivity index (χ1) is 14.6. The molecule has 0 N–H and O–H groups in total. The Labute approximate surface area is 184 Å². The predicted molar refractivity (Wildman–Crippen MR) is 125 cm³/mol. The average molecular weight is 426 g/mol. The smallest absolute Gasteiger partial charge is 0.241 e. The molecule has 6 heteroatoms. The van der Waals surface area contributed by atoms with Gasteiger partial charge in [0.1, 0.15) is 5.75 Å². The monoisotopic (exact) mass is 425 g/mol. The SMILES string of the molecule is COc1ccc(N2CCCN(CC(=O)N3CCC(C)Sc4ccccc43)CC2)cc1. The normalized spacial score (nSPS) is 20.3. The third-order valence-electron chi connectivity index (χ3n) is 5.93. The number of thioether (sulfide) groups is 1. The average Bonchev–Trinajstić information content (AvgIpc) is 3.09. The van der Waals surface area contributed by atoms with E-state index >= 15 is 0 Å². The lowest BCUT2D eigenvalue weighted by Crippen LogP contribution is -2.42. The van der Waals surface area contributed by atoms with E-state index in [1.165, 1.54) is 10.6 Å². The summed E-state index contributed by atoms with van der Waals surface area (Å²) in [6.07, 6.45) is 2.08. The number of ether oxygens (including phenoxy) is 1. The molecule has 1 amide bonds. The van der Waals surface area contributed by atoms with E-state index in [4.69, 9.17) is 4.74 Å². The van der Waals surface area contributed by atoms with Gasteiger partial charge >= 0.3 is 0 Å². The van der Waals surface area contributed by atoms with E-state index in [0.29, 0.717) is 11.8 Å². The summed E-state index contributed by atoms with van der Waals surface area (Å²) in [7, 11) is 1.69. The summed E-state index contributed by atoms with van der Waals surface area (Å²) in [5.74, 6) is 1.10. The largest absolute Gasteiger partial charge is 0.497 e. The summed E-state index contributed by atoms with van der Waals surface area (Å²) in [6, 6.07) is 16.6. The van der Waals surface area contributed by atoms with E-state index < -0.39 is 0 Å². The van der Waals surface area contributed by atoms with Crippen LogP contribution in [-0.2, 0) is 4.79 Å². The molecule has 0 spiro atoms. The van der Waals surface area contributed by atoms with Crippen molar-refractivity contribution in [1.82, 2.24) is 4.90 Å². The Bertz CT molecular complexity index is 858. The van der Waals surface area contributed by atoms with E-state index in [2.05, 4.69) is 47.1 Å². The Morgan fingerprint density at radius 3 is 2.63 bits per heavy atom. The van der Waals surface area contributed by atoms with Crippen molar-refractivity contribution < 1.29 is 9.53 Å². The third kappa shape index (κ3) is 4.93. The first-order valence-electron chi connectivity index (χ1n) is 10.8. The zero-order valence-corrected chi connectivity index (χ0v) is 18.7. The maximum absolute atomic E-state index is 13.3. The summed E-state index contributed by atoms with van der Waals surface area (Å²) in [4.78, 5) is 21.2. The first-order valence-corrected chi connectivity index (χ1v) is 11.7. The Morgan fingerprint density at radius 2 is 1.83 bits per heavy atom. The molecule has 30 heavy (non-hydrogen) atoms. The number of nitrogens with zero attached hydrogens (tertiary/aromatic N) is 3. The van der Waals surface area contributed by atoms with Gasteiger partial charge in [-0.2, -0.15) is 0 Å². The molecule has 1 saturated heterocycles. The Hall–Kier alpha value is -2.18. The number of hydrogen-bond donors (Lipinski definition) is 0. The van der Waals surface area contributed by atoms with Crippen LogP contribution in [0.3, 0.4) is 0 Å². The van der Waals surface area contributed by atoms with Crippen LogP contribution in [0.15, 0.2) is 53.4 Å². The highest BCUT2D eigenvalue weighted by Crippen LogP contribution is 2.37. The molecule has 0 bridgehead atoms. The van der Waals surface area contributed by atoms with Crippen molar-refractivity contribution >= 4 is 29.0 Å². The van der Waals surface area contributed by atoms with Crippen LogP contribution in [-0.4, -0.2) is 62.4 Å².